The summed E-state index contributed by atoms with van der Waals surface area (Å²) < 4.78 is 37.9. The summed E-state index contributed by atoms with van der Waals surface area (Å²) in [6.45, 7) is 6.18. The first-order valence-electron chi connectivity index (χ1n) is 7.01. The van der Waals surface area contributed by atoms with E-state index in [4.69, 9.17) is 0 Å². The lowest BCUT2D eigenvalue weighted by molar-refractivity contribution is -0.137. The second-order valence-corrected chi connectivity index (χ2v) is 6.76. The van der Waals surface area contributed by atoms with Gasteiger partial charge in [0.05, 0.1) is 12.0 Å². The largest absolute Gasteiger partial charge is 0.416 e. The van der Waals surface area contributed by atoms with Crippen LogP contribution in [0.15, 0.2) is 24.3 Å². The van der Waals surface area contributed by atoms with Crippen LogP contribution < -0.4 is 5.32 Å². The highest BCUT2D eigenvalue weighted by molar-refractivity contribution is 5.80. The number of hydrogen-bond donors (Lipinski definition) is 1. The zero-order valence-corrected chi connectivity index (χ0v) is 12.5. The molecule has 1 aliphatic rings. The number of amides is 1. The highest BCUT2D eigenvalue weighted by Crippen LogP contribution is 2.49. The Bertz CT molecular complexity index is 539. The van der Waals surface area contributed by atoms with Crippen LogP contribution in [-0.2, 0) is 17.4 Å². The molecule has 5 heteroatoms. The Morgan fingerprint density at radius 3 is 2.33 bits per heavy atom. The van der Waals surface area contributed by atoms with Gasteiger partial charge in [-0.15, -0.1) is 0 Å². The topological polar surface area (TPSA) is 29.1 Å². The minimum Gasteiger partial charge on any atom is -0.350 e. The van der Waals surface area contributed by atoms with Crippen LogP contribution in [0, 0.1) is 5.41 Å². The fourth-order valence-electron chi connectivity index (χ4n) is 2.54. The lowest BCUT2D eigenvalue weighted by atomic mass is 9.84. The van der Waals surface area contributed by atoms with E-state index < -0.39 is 11.7 Å². The molecule has 1 fully saturated rings. The van der Waals surface area contributed by atoms with Crippen LogP contribution in [0.4, 0.5) is 13.2 Å². The molecule has 0 bridgehead atoms. The lowest BCUT2D eigenvalue weighted by Gasteiger charge is -2.31. The van der Waals surface area contributed by atoms with Crippen LogP contribution in [0.5, 0.6) is 0 Å². The van der Waals surface area contributed by atoms with Crippen LogP contribution in [0.3, 0.4) is 0 Å². The predicted octanol–water partition coefficient (Wildman–Crippen LogP) is 3.94. The van der Waals surface area contributed by atoms with E-state index >= 15 is 0 Å². The molecule has 0 radical (unpaired) electrons. The highest BCUT2D eigenvalue weighted by atomic mass is 19.4. The fourth-order valence-corrected chi connectivity index (χ4v) is 2.54. The first-order valence-corrected chi connectivity index (χ1v) is 7.01. The van der Waals surface area contributed by atoms with Gasteiger partial charge in [0.1, 0.15) is 0 Å². The van der Waals surface area contributed by atoms with Crippen LogP contribution >= 0.6 is 0 Å². The standard InChI is InChI=1S/C16H20F3NO/c1-14(2,3)15(7-8-15)20-13(21)10-11-5-4-6-12(9-11)16(17,18)19/h4-6,9H,7-8,10H2,1-3H3,(H,20,21). The molecule has 0 aliphatic heterocycles. The maximum Gasteiger partial charge on any atom is 0.416 e. The zero-order chi connectivity index (χ0) is 15.9. The molecule has 1 aromatic carbocycles. The molecular weight excluding hydrogens is 279 g/mol. The molecule has 1 aromatic rings. The van der Waals surface area contributed by atoms with Crippen molar-refractivity contribution in [3.8, 4) is 0 Å². The van der Waals surface area contributed by atoms with Crippen LogP contribution in [0.1, 0.15) is 44.7 Å². The molecule has 0 saturated heterocycles. The van der Waals surface area contributed by atoms with Gasteiger partial charge in [-0.3, -0.25) is 4.79 Å². The van der Waals surface area contributed by atoms with Gasteiger partial charge in [0.2, 0.25) is 5.91 Å². The molecule has 1 aliphatic carbocycles. The molecule has 2 rings (SSSR count). The third-order valence-corrected chi connectivity index (χ3v) is 4.18. The van der Waals surface area contributed by atoms with Gasteiger partial charge in [0.15, 0.2) is 0 Å². The van der Waals surface area contributed by atoms with Crippen molar-refractivity contribution in [3.05, 3.63) is 35.4 Å². The molecule has 0 spiro atoms. The van der Waals surface area contributed by atoms with Gasteiger partial charge < -0.3 is 5.32 Å². The number of alkyl halides is 3. The summed E-state index contributed by atoms with van der Waals surface area (Å²) in [5.41, 5.74) is -0.584. The monoisotopic (exact) mass is 299 g/mol. The third kappa shape index (κ3) is 3.57. The van der Waals surface area contributed by atoms with E-state index in [-0.39, 0.29) is 23.3 Å². The summed E-state index contributed by atoms with van der Waals surface area (Å²) in [5, 5.41) is 2.99. The molecule has 2 nitrogen and oxygen atoms in total. The zero-order valence-electron chi connectivity index (χ0n) is 12.5. The summed E-state index contributed by atoms with van der Waals surface area (Å²) >= 11 is 0. The number of carbonyl (C=O) groups is 1. The van der Waals surface area contributed by atoms with Gasteiger partial charge in [-0.1, -0.05) is 39.0 Å². The van der Waals surface area contributed by atoms with Gasteiger partial charge in [0.25, 0.3) is 0 Å². The summed E-state index contributed by atoms with van der Waals surface area (Å²) in [6, 6.07) is 4.93. The second-order valence-electron chi connectivity index (χ2n) is 6.76. The smallest absolute Gasteiger partial charge is 0.350 e. The number of nitrogens with one attached hydrogen (secondary N) is 1. The molecule has 1 amide bonds. The first-order chi connectivity index (χ1) is 9.53. The van der Waals surface area contributed by atoms with E-state index in [1.54, 1.807) is 6.07 Å². The summed E-state index contributed by atoms with van der Waals surface area (Å²) in [7, 11) is 0. The number of benzene rings is 1. The molecular formula is C16H20F3NO. The maximum atomic E-state index is 12.6. The van der Waals surface area contributed by atoms with Crippen molar-refractivity contribution in [3.63, 3.8) is 0 Å². The first kappa shape index (κ1) is 15.9. The van der Waals surface area contributed by atoms with E-state index in [1.165, 1.54) is 6.07 Å². The molecule has 0 unspecified atom stereocenters. The highest BCUT2D eigenvalue weighted by Gasteiger charge is 2.52. The van der Waals surface area contributed by atoms with E-state index in [0.717, 1.165) is 25.0 Å². The van der Waals surface area contributed by atoms with Gasteiger partial charge in [0, 0.05) is 5.54 Å². The maximum absolute atomic E-state index is 12.6. The number of rotatable bonds is 3. The summed E-state index contributed by atoms with van der Waals surface area (Å²) in [5.74, 6) is -0.221. The number of halogens is 3. The quantitative estimate of drug-likeness (QED) is 0.900. The van der Waals surface area contributed by atoms with Crippen molar-refractivity contribution in [1.29, 1.82) is 0 Å². The van der Waals surface area contributed by atoms with Gasteiger partial charge in [-0.05, 0) is 29.9 Å². The van der Waals surface area contributed by atoms with Crippen LogP contribution in [0.25, 0.3) is 0 Å². The molecule has 1 N–H and O–H groups in total. The predicted molar refractivity (Wildman–Crippen MR) is 74.7 cm³/mol. The fraction of sp³-hybridized carbons (Fsp3) is 0.562. The normalized spacial score (nSPS) is 17.4. The van der Waals surface area contributed by atoms with Crippen molar-refractivity contribution in [2.75, 3.05) is 0 Å². The Labute approximate surface area is 122 Å². The van der Waals surface area contributed by atoms with Crippen LogP contribution in [-0.4, -0.2) is 11.4 Å². The van der Waals surface area contributed by atoms with Crippen molar-refractivity contribution < 1.29 is 18.0 Å². The van der Waals surface area contributed by atoms with Gasteiger partial charge in [-0.2, -0.15) is 13.2 Å². The Kier molecular flexibility index (Phi) is 3.80. The minimum absolute atomic E-state index is 0.0260. The van der Waals surface area contributed by atoms with E-state index in [2.05, 4.69) is 26.1 Å². The Morgan fingerprint density at radius 1 is 1.24 bits per heavy atom. The Morgan fingerprint density at radius 2 is 1.86 bits per heavy atom. The van der Waals surface area contributed by atoms with Crippen molar-refractivity contribution in [2.24, 2.45) is 5.41 Å². The van der Waals surface area contributed by atoms with E-state index in [0.29, 0.717) is 5.56 Å². The molecule has 1 saturated carbocycles. The summed E-state index contributed by atoms with van der Waals surface area (Å²) in [6.07, 6.45) is -2.56. The molecule has 116 valence electrons. The average molecular weight is 299 g/mol. The minimum atomic E-state index is -4.38. The third-order valence-electron chi connectivity index (χ3n) is 4.18. The Balaban J connectivity index is 2.04. The molecule has 0 atom stereocenters. The van der Waals surface area contributed by atoms with Crippen molar-refractivity contribution >= 4 is 5.91 Å². The van der Waals surface area contributed by atoms with E-state index in [9.17, 15) is 18.0 Å². The van der Waals surface area contributed by atoms with Crippen molar-refractivity contribution in [1.82, 2.24) is 5.32 Å². The van der Waals surface area contributed by atoms with Gasteiger partial charge in [-0.25, -0.2) is 0 Å². The molecule has 21 heavy (non-hydrogen) atoms. The average Bonchev–Trinajstić information content (AvgIpc) is 3.08. The molecule has 0 heterocycles. The van der Waals surface area contributed by atoms with Crippen LogP contribution in [0.2, 0.25) is 0 Å². The lowest BCUT2D eigenvalue weighted by Crippen LogP contribution is -2.46. The second kappa shape index (κ2) is 5.04. The van der Waals surface area contributed by atoms with Crippen molar-refractivity contribution in [2.45, 2.75) is 51.7 Å². The SMILES string of the molecule is CC(C)(C)C1(NC(=O)Cc2cccc(C(F)(F)F)c2)CC1. The Hall–Kier alpha value is -1.52. The van der Waals surface area contributed by atoms with Gasteiger partial charge >= 0.3 is 6.18 Å². The summed E-state index contributed by atoms with van der Waals surface area (Å²) in [4.78, 5) is 12.1. The molecule has 0 aromatic heterocycles. The number of hydrogen-bond acceptors (Lipinski definition) is 1. The number of carbonyl (C=O) groups excluding carboxylic acids is 1. The van der Waals surface area contributed by atoms with E-state index in [1.807, 2.05) is 0 Å².